The third-order valence-corrected chi connectivity index (χ3v) is 6.66. The third kappa shape index (κ3) is 5.80. The summed E-state index contributed by atoms with van der Waals surface area (Å²) in [5, 5.41) is 10.1. The van der Waals surface area contributed by atoms with E-state index in [1.165, 1.54) is 18.7 Å². The van der Waals surface area contributed by atoms with Crippen molar-refractivity contribution in [2.75, 3.05) is 11.9 Å². The van der Waals surface area contributed by atoms with Gasteiger partial charge in [-0.3, -0.25) is 15.0 Å². The number of urea groups is 2. The Bertz CT molecular complexity index is 1370. The molecule has 2 aromatic carbocycles. The minimum Gasteiger partial charge on any atom is -0.348 e. The van der Waals surface area contributed by atoms with Crippen molar-refractivity contribution in [3.63, 3.8) is 0 Å². The Balaban J connectivity index is 1.62. The first-order valence-corrected chi connectivity index (χ1v) is 12.7. The lowest BCUT2D eigenvalue weighted by Crippen LogP contribution is -2.68. The molecule has 1 aromatic heterocycles. The molecule has 2 N–H and O–H groups in total. The maximum absolute atomic E-state index is 13.6. The molecule has 0 aliphatic carbocycles. The van der Waals surface area contributed by atoms with Crippen molar-refractivity contribution in [1.82, 2.24) is 19.7 Å². The molecule has 38 heavy (non-hydrogen) atoms. The predicted octanol–water partition coefficient (Wildman–Crippen LogP) is 5.61. The number of hydrogen-bond donors (Lipinski definition) is 2. The van der Waals surface area contributed by atoms with Gasteiger partial charge in [-0.2, -0.15) is 0 Å². The molecule has 1 atom stereocenters. The SMILES string of the molecule is CC(C)Cn1ccc2cc(NC3NC(=O)N(CC(C)(C)C(=O)N=O)C(=O)N3Cc3ccc(Cl)cc3)ccc21. The van der Waals surface area contributed by atoms with Crippen molar-refractivity contribution in [3.8, 4) is 0 Å². The van der Waals surface area contributed by atoms with Crippen LogP contribution >= 0.6 is 11.6 Å². The zero-order chi connectivity index (χ0) is 27.6. The van der Waals surface area contributed by atoms with Crippen LogP contribution in [0.2, 0.25) is 5.02 Å². The molecule has 1 saturated heterocycles. The molecule has 1 fully saturated rings. The number of rotatable bonds is 9. The molecule has 0 saturated carbocycles. The van der Waals surface area contributed by atoms with Crippen LogP contribution < -0.4 is 10.6 Å². The number of nitrogens with one attached hydrogen (secondary N) is 2. The minimum absolute atomic E-state index is 0.151. The van der Waals surface area contributed by atoms with E-state index in [4.69, 9.17) is 11.6 Å². The lowest BCUT2D eigenvalue weighted by molar-refractivity contribution is -0.126. The lowest BCUT2D eigenvalue weighted by Gasteiger charge is -2.42. The molecule has 11 heteroatoms. The Morgan fingerprint density at radius 1 is 1.13 bits per heavy atom. The van der Waals surface area contributed by atoms with Gasteiger partial charge >= 0.3 is 12.1 Å². The number of nitrogens with zero attached hydrogens (tertiary/aromatic N) is 4. The van der Waals surface area contributed by atoms with Crippen molar-refractivity contribution < 1.29 is 14.4 Å². The number of aromatic nitrogens is 1. The lowest BCUT2D eigenvalue weighted by atomic mass is 9.92. The van der Waals surface area contributed by atoms with Gasteiger partial charge in [-0.05, 0) is 61.7 Å². The van der Waals surface area contributed by atoms with Gasteiger partial charge in [-0.15, -0.1) is 4.91 Å². The highest BCUT2D eigenvalue weighted by Gasteiger charge is 2.43. The Labute approximate surface area is 225 Å². The summed E-state index contributed by atoms with van der Waals surface area (Å²) in [6, 6.07) is 13.6. The molecule has 1 aliphatic heterocycles. The Kier molecular flexibility index (Phi) is 7.73. The summed E-state index contributed by atoms with van der Waals surface area (Å²) in [6.07, 6.45) is 1.17. The second-order valence-corrected chi connectivity index (χ2v) is 11.0. The normalized spacial score (nSPS) is 16.2. The van der Waals surface area contributed by atoms with E-state index in [1.54, 1.807) is 24.3 Å². The van der Waals surface area contributed by atoms with Crippen LogP contribution in [0.3, 0.4) is 0 Å². The summed E-state index contributed by atoms with van der Waals surface area (Å²) in [4.78, 5) is 51.9. The van der Waals surface area contributed by atoms with Crippen LogP contribution in [0.1, 0.15) is 33.3 Å². The first-order chi connectivity index (χ1) is 18.0. The summed E-state index contributed by atoms with van der Waals surface area (Å²) in [6.45, 7) is 7.99. The number of anilines is 1. The van der Waals surface area contributed by atoms with Crippen molar-refractivity contribution in [2.45, 2.75) is 47.1 Å². The van der Waals surface area contributed by atoms with Gasteiger partial charge in [0.25, 0.3) is 5.91 Å². The van der Waals surface area contributed by atoms with E-state index < -0.39 is 29.7 Å². The summed E-state index contributed by atoms with van der Waals surface area (Å²) >= 11 is 6.03. The van der Waals surface area contributed by atoms with Gasteiger partial charge in [0.1, 0.15) is 0 Å². The fourth-order valence-corrected chi connectivity index (χ4v) is 4.54. The number of halogens is 1. The second-order valence-electron chi connectivity index (χ2n) is 10.5. The Morgan fingerprint density at radius 3 is 2.50 bits per heavy atom. The molecular formula is C27H31ClN6O4. The summed E-state index contributed by atoms with van der Waals surface area (Å²) < 4.78 is 2.19. The molecule has 0 radical (unpaired) electrons. The molecular weight excluding hydrogens is 508 g/mol. The van der Waals surface area contributed by atoms with E-state index >= 15 is 0 Å². The topological polar surface area (TPSA) is 116 Å². The highest BCUT2D eigenvalue weighted by molar-refractivity contribution is 6.30. The molecule has 5 amide bonds. The molecule has 0 spiro atoms. The van der Waals surface area contributed by atoms with Crippen LogP contribution in [-0.2, 0) is 17.9 Å². The van der Waals surface area contributed by atoms with E-state index in [2.05, 4.69) is 34.2 Å². The van der Waals surface area contributed by atoms with E-state index in [-0.39, 0.29) is 13.1 Å². The van der Waals surface area contributed by atoms with Crippen molar-refractivity contribution in [1.29, 1.82) is 0 Å². The minimum atomic E-state index is -1.34. The van der Waals surface area contributed by atoms with E-state index in [0.717, 1.165) is 27.9 Å². The van der Waals surface area contributed by atoms with Crippen LogP contribution in [0.5, 0.6) is 0 Å². The van der Waals surface area contributed by atoms with E-state index in [1.807, 2.05) is 30.5 Å². The summed E-state index contributed by atoms with van der Waals surface area (Å²) in [7, 11) is 0. The number of amides is 5. The molecule has 1 aliphatic rings. The molecule has 4 rings (SSSR count). The highest BCUT2D eigenvalue weighted by atomic mass is 35.5. The first-order valence-electron chi connectivity index (χ1n) is 12.3. The van der Waals surface area contributed by atoms with Crippen LogP contribution in [0.15, 0.2) is 59.9 Å². The molecule has 3 aromatic rings. The zero-order valence-corrected chi connectivity index (χ0v) is 22.5. The molecule has 1 unspecified atom stereocenters. The zero-order valence-electron chi connectivity index (χ0n) is 21.8. The summed E-state index contributed by atoms with van der Waals surface area (Å²) in [5.74, 6) is -0.445. The van der Waals surface area contributed by atoms with Crippen molar-refractivity contribution in [2.24, 2.45) is 16.5 Å². The number of nitroso groups, excluding NO2 is 1. The Hall–Kier alpha value is -3.92. The fraction of sp³-hybridized carbons (Fsp3) is 0.370. The van der Waals surface area contributed by atoms with Gasteiger partial charge in [-0.25, -0.2) is 14.5 Å². The smallest absolute Gasteiger partial charge is 0.331 e. The highest BCUT2D eigenvalue weighted by Crippen LogP contribution is 2.26. The number of carbonyl (C=O) groups is 3. The van der Waals surface area contributed by atoms with Crippen LogP contribution in [-0.4, -0.2) is 45.2 Å². The van der Waals surface area contributed by atoms with Crippen LogP contribution in [0, 0.1) is 16.2 Å². The second kappa shape index (κ2) is 10.8. The maximum atomic E-state index is 13.6. The summed E-state index contributed by atoms with van der Waals surface area (Å²) in [5.41, 5.74) is 1.26. The monoisotopic (exact) mass is 538 g/mol. The van der Waals surface area contributed by atoms with Gasteiger partial charge in [0.15, 0.2) is 6.29 Å². The first kappa shape index (κ1) is 27.1. The van der Waals surface area contributed by atoms with Gasteiger partial charge in [-0.1, -0.05) is 37.6 Å². The van der Waals surface area contributed by atoms with Gasteiger partial charge in [0, 0.05) is 46.1 Å². The third-order valence-electron chi connectivity index (χ3n) is 6.41. The van der Waals surface area contributed by atoms with E-state index in [0.29, 0.717) is 16.6 Å². The van der Waals surface area contributed by atoms with Crippen LogP contribution in [0.4, 0.5) is 15.3 Å². The number of fused-ring (bicyclic) bond motifs is 1. The Morgan fingerprint density at radius 2 is 1.84 bits per heavy atom. The molecule has 200 valence electrons. The average molecular weight is 539 g/mol. The largest absolute Gasteiger partial charge is 0.348 e. The van der Waals surface area contributed by atoms with Gasteiger partial charge < -0.3 is 9.88 Å². The molecule has 10 nitrogen and oxygen atoms in total. The van der Waals surface area contributed by atoms with Crippen molar-refractivity contribution in [3.05, 3.63) is 70.2 Å². The number of carbonyl (C=O) groups excluding carboxylic acids is 3. The quantitative estimate of drug-likeness (QED) is 0.343. The van der Waals surface area contributed by atoms with Crippen LogP contribution in [0.25, 0.3) is 10.9 Å². The number of hydrogen-bond acceptors (Lipinski definition) is 5. The van der Waals surface area contributed by atoms with Crippen molar-refractivity contribution >= 4 is 46.2 Å². The van der Waals surface area contributed by atoms with Gasteiger partial charge in [0.2, 0.25) is 0 Å². The molecule has 2 heterocycles. The van der Waals surface area contributed by atoms with E-state index in [9.17, 15) is 19.3 Å². The number of benzene rings is 2. The standard InChI is InChI=1S/C27H31ClN6O4/c1-17(2)14-32-12-11-19-13-21(9-10-22(19)32)29-24-30-25(36)34(16-27(3,4)23(35)31-38)26(37)33(24)15-18-5-7-20(28)8-6-18/h5-13,17,24,29H,14-16H2,1-4H3,(H,30,36). The number of imide groups is 1. The fourth-order valence-electron chi connectivity index (χ4n) is 4.41. The predicted molar refractivity (Wildman–Crippen MR) is 146 cm³/mol. The maximum Gasteiger partial charge on any atom is 0.331 e. The average Bonchev–Trinajstić information content (AvgIpc) is 3.26. The van der Waals surface area contributed by atoms with Gasteiger partial charge in [0.05, 0.1) is 12.0 Å². The molecule has 0 bridgehead atoms.